The number of anilines is 1. The van der Waals surface area contributed by atoms with Crippen molar-refractivity contribution >= 4 is 5.69 Å². The quantitative estimate of drug-likeness (QED) is 0.710. The predicted octanol–water partition coefficient (Wildman–Crippen LogP) is 2.28. The summed E-state index contributed by atoms with van der Waals surface area (Å²) in [5, 5.41) is 0. The van der Waals surface area contributed by atoms with Gasteiger partial charge in [0.1, 0.15) is 0 Å². The van der Waals surface area contributed by atoms with Crippen molar-refractivity contribution in [2.45, 2.75) is 31.8 Å². The van der Waals surface area contributed by atoms with Crippen LogP contribution in [0.15, 0.2) is 24.3 Å². The van der Waals surface area contributed by atoms with Gasteiger partial charge in [0.15, 0.2) is 0 Å². The largest absolute Gasteiger partial charge is 0.363 e. The Labute approximate surface area is 97.9 Å². The standard InChI is InChI=1S/C14H20N2/c1-11-3-5-12(6-4-11)16-13-7-8-14(16)10-15(2)9-13/h3-6,13-14H,7-10H2,1-2H3. The molecule has 2 bridgehead atoms. The zero-order valence-corrected chi connectivity index (χ0v) is 10.2. The Balaban J connectivity index is 1.88. The lowest BCUT2D eigenvalue weighted by atomic mass is 10.1. The minimum Gasteiger partial charge on any atom is -0.363 e. The maximum atomic E-state index is 2.65. The van der Waals surface area contributed by atoms with E-state index in [9.17, 15) is 0 Å². The summed E-state index contributed by atoms with van der Waals surface area (Å²) in [7, 11) is 2.25. The molecule has 2 nitrogen and oxygen atoms in total. The van der Waals surface area contributed by atoms with Crippen LogP contribution in [0.5, 0.6) is 0 Å². The summed E-state index contributed by atoms with van der Waals surface area (Å²) in [4.78, 5) is 5.13. The van der Waals surface area contributed by atoms with Crippen molar-refractivity contribution in [1.82, 2.24) is 4.90 Å². The first kappa shape index (κ1) is 10.2. The summed E-state index contributed by atoms with van der Waals surface area (Å²) >= 11 is 0. The molecular formula is C14H20N2. The van der Waals surface area contributed by atoms with Crippen LogP contribution in [0.3, 0.4) is 0 Å². The van der Waals surface area contributed by atoms with E-state index in [2.05, 4.69) is 48.0 Å². The fourth-order valence-electron chi connectivity index (χ4n) is 3.25. The first-order chi connectivity index (χ1) is 7.74. The van der Waals surface area contributed by atoms with Crippen LogP contribution < -0.4 is 4.90 Å². The van der Waals surface area contributed by atoms with Crippen LogP contribution in [0, 0.1) is 6.92 Å². The second kappa shape index (κ2) is 3.77. The Morgan fingerprint density at radius 2 is 1.56 bits per heavy atom. The highest BCUT2D eigenvalue weighted by molar-refractivity contribution is 5.51. The summed E-state index contributed by atoms with van der Waals surface area (Å²) in [6, 6.07) is 10.5. The van der Waals surface area contributed by atoms with Crippen molar-refractivity contribution in [2.24, 2.45) is 0 Å². The monoisotopic (exact) mass is 216 g/mol. The Morgan fingerprint density at radius 1 is 1.00 bits per heavy atom. The first-order valence-electron chi connectivity index (χ1n) is 6.27. The Kier molecular flexibility index (Phi) is 2.40. The number of fused-ring (bicyclic) bond motifs is 2. The zero-order valence-electron chi connectivity index (χ0n) is 10.2. The van der Waals surface area contributed by atoms with Gasteiger partial charge >= 0.3 is 0 Å². The number of hydrogen-bond donors (Lipinski definition) is 0. The molecule has 0 radical (unpaired) electrons. The highest BCUT2D eigenvalue weighted by Gasteiger charge is 2.38. The second-order valence-corrected chi connectivity index (χ2v) is 5.35. The van der Waals surface area contributed by atoms with E-state index in [1.54, 1.807) is 0 Å². The van der Waals surface area contributed by atoms with E-state index < -0.39 is 0 Å². The number of nitrogens with zero attached hydrogens (tertiary/aromatic N) is 2. The molecule has 2 atom stereocenters. The summed E-state index contributed by atoms with van der Waals surface area (Å²) in [5.41, 5.74) is 2.77. The summed E-state index contributed by atoms with van der Waals surface area (Å²) < 4.78 is 0. The van der Waals surface area contributed by atoms with E-state index in [1.165, 1.54) is 37.2 Å². The number of piperazine rings is 1. The van der Waals surface area contributed by atoms with E-state index >= 15 is 0 Å². The van der Waals surface area contributed by atoms with Crippen LogP contribution in [0.25, 0.3) is 0 Å². The number of benzene rings is 1. The Hall–Kier alpha value is -1.02. The number of aryl methyl sites for hydroxylation is 1. The molecule has 0 amide bonds. The van der Waals surface area contributed by atoms with Crippen LogP contribution in [0.4, 0.5) is 5.69 Å². The summed E-state index contributed by atoms with van der Waals surface area (Å²) in [6.07, 6.45) is 2.73. The molecule has 0 N–H and O–H groups in total. The average molecular weight is 216 g/mol. The van der Waals surface area contributed by atoms with Crippen molar-refractivity contribution in [3.63, 3.8) is 0 Å². The molecule has 2 heteroatoms. The van der Waals surface area contributed by atoms with Crippen LogP contribution in [0.1, 0.15) is 18.4 Å². The highest BCUT2D eigenvalue weighted by Crippen LogP contribution is 2.34. The molecule has 0 saturated carbocycles. The summed E-state index contributed by atoms with van der Waals surface area (Å²) in [5.74, 6) is 0. The second-order valence-electron chi connectivity index (χ2n) is 5.35. The Bertz CT molecular complexity index is 357. The van der Waals surface area contributed by atoms with Crippen molar-refractivity contribution in [2.75, 3.05) is 25.0 Å². The van der Waals surface area contributed by atoms with Crippen LogP contribution >= 0.6 is 0 Å². The van der Waals surface area contributed by atoms with Crippen molar-refractivity contribution in [3.05, 3.63) is 29.8 Å². The van der Waals surface area contributed by atoms with Gasteiger partial charge < -0.3 is 9.80 Å². The first-order valence-corrected chi connectivity index (χ1v) is 6.27. The molecule has 0 spiro atoms. The molecule has 86 valence electrons. The smallest absolute Gasteiger partial charge is 0.0421 e. The number of likely N-dealkylation sites (N-methyl/N-ethyl adjacent to an activating group) is 1. The lowest BCUT2D eigenvalue weighted by molar-refractivity contribution is 0.265. The average Bonchev–Trinajstić information content (AvgIpc) is 2.54. The minimum absolute atomic E-state index is 0.742. The van der Waals surface area contributed by atoms with Gasteiger partial charge in [-0.1, -0.05) is 17.7 Å². The molecule has 1 aromatic carbocycles. The number of hydrogen-bond acceptors (Lipinski definition) is 2. The third-order valence-corrected chi connectivity index (χ3v) is 4.00. The molecule has 2 aliphatic heterocycles. The molecule has 2 heterocycles. The van der Waals surface area contributed by atoms with E-state index in [0.717, 1.165) is 12.1 Å². The molecule has 2 saturated heterocycles. The van der Waals surface area contributed by atoms with Gasteiger partial charge in [-0.05, 0) is 38.9 Å². The summed E-state index contributed by atoms with van der Waals surface area (Å²) in [6.45, 7) is 4.61. The maximum absolute atomic E-state index is 2.65. The molecule has 16 heavy (non-hydrogen) atoms. The molecule has 2 unspecified atom stereocenters. The van der Waals surface area contributed by atoms with Crippen molar-refractivity contribution in [1.29, 1.82) is 0 Å². The molecule has 2 aliphatic rings. The van der Waals surface area contributed by atoms with E-state index in [4.69, 9.17) is 0 Å². The molecule has 2 fully saturated rings. The molecule has 0 aromatic heterocycles. The zero-order chi connectivity index (χ0) is 11.1. The fraction of sp³-hybridized carbons (Fsp3) is 0.571. The normalized spacial score (nSPS) is 29.8. The van der Waals surface area contributed by atoms with Crippen LogP contribution in [0.2, 0.25) is 0 Å². The molecule has 0 aliphatic carbocycles. The number of likely N-dealkylation sites (tertiary alicyclic amines) is 1. The molecule has 3 rings (SSSR count). The lowest BCUT2D eigenvalue weighted by Gasteiger charge is -2.41. The van der Waals surface area contributed by atoms with E-state index in [1.807, 2.05) is 0 Å². The third kappa shape index (κ3) is 1.61. The van der Waals surface area contributed by atoms with Crippen LogP contribution in [-0.2, 0) is 0 Å². The van der Waals surface area contributed by atoms with Gasteiger partial charge in [0, 0.05) is 30.9 Å². The lowest BCUT2D eigenvalue weighted by Crippen LogP contribution is -2.52. The minimum atomic E-state index is 0.742. The predicted molar refractivity (Wildman–Crippen MR) is 68.0 cm³/mol. The third-order valence-electron chi connectivity index (χ3n) is 4.00. The van der Waals surface area contributed by atoms with Gasteiger partial charge in [0.25, 0.3) is 0 Å². The van der Waals surface area contributed by atoms with Gasteiger partial charge in [0.05, 0.1) is 0 Å². The van der Waals surface area contributed by atoms with Gasteiger partial charge in [-0.25, -0.2) is 0 Å². The highest BCUT2D eigenvalue weighted by atomic mass is 15.3. The topological polar surface area (TPSA) is 6.48 Å². The van der Waals surface area contributed by atoms with Gasteiger partial charge in [-0.3, -0.25) is 0 Å². The SMILES string of the molecule is Cc1ccc(N2C3CCC2CN(C)C3)cc1. The van der Waals surface area contributed by atoms with Crippen molar-refractivity contribution < 1.29 is 0 Å². The van der Waals surface area contributed by atoms with E-state index in [0.29, 0.717) is 0 Å². The van der Waals surface area contributed by atoms with Crippen molar-refractivity contribution in [3.8, 4) is 0 Å². The van der Waals surface area contributed by atoms with Gasteiger partial charge in [-0.2, -0.15) is 0 Å². The maximum Gasteiger partial charge on any atom is 0.0421 e. The van der Waals surface area contributed by atoms with Gasteiger partial charge in [-0.15, -0.1) is 0 Å². The number of rotatable bonds is 1. The molecular weight excluding hydrogens is 196 g/mol. The fourth-order valence-corrected chi connectivity index (χ4v) is 3.25. The van der Waals surface area contributed by atoms with Gasteiger partial charge in [0.2, 0.25) is 0 Å². The van der Waals surface area contributed by atoms with E-state index in [-0.39, 0.29) is 0 Å². The molecule has 1 aromatic rings. The van der Waals surface area contributed by atoms with Crippen LogP contribution in [-0.4, -0.2) is 37.1 Å². The Morgan fingerprint density at radius 3 is 2.12 bits per heavy atom.